The Morgan fingerprint density at radius 1 is 1.41 bits per heavy atom. The lowest BCUT2D eigenvalue weighted by Crippen LogP contribution is -2.36. The molecule has 92 valence electrons. The summed E-state index contributed by atoms with van der Waals surface area (Å²) in [5.74, 6) is -0.716. The summed E-state index contributed by atoms with van der Waals surface area (Å²) in [6.45, 7) is 1.79. The number of rotatable bonds is 3. The predicted molar refractivity (Wildman–Crippen MR) is 63.9 cm³/mol. The SMILES string of the molecule is CNC(=O)CN(C)C(=O)c1cc(C)ccc1O. The van der Waals surface area contributed by atoms with Crippen molar-refractivity contribution in [2.45, 2.75) is 6.92 Å². The molecule has 0 saturated heterocycles. The lowest BCUT2D eigenvalue weighted by Gasteiger charge is -2.17. The quantitative estimate of drug-likeness (QED) is 0.803. The number of phenolic OH excluding ortho intramolecular Hbond substituents is 1. The predicted octanol–water partition coefficient (Wildman–Crippen LogP) is 0.519. The molecule has 0 atom stereocenters. The minimum atomic E-state index is -0.380. The molecular formula is C12H16N2O3. The summed E-state index contributed by atoms with van der Waals surface area (Å²) in [6.07, 6.45) is 0. The smallest absolute Gasteiger partial charge is 0.257 e. The van der Waals surface area contributed by atoms with E-state index < -0.39 is 0 Å². The fourth-order valence-corrected chi connectivity index (χ4v) is 1.39. The van der Waals surface area contributed by atoms with Crippen molar-refractivity contribution in [1.29, 1.82) is 0 Å². The standard InChI is InChI=1S/C12H16N2O3/c1-8-4-5-10(15)9(6-8)12(17)14(3)7-11(16)13-2/h4-6,15H,7H2,1-3H3,(H,13,16). The van der Waals surface area contributed by atoms with Gasteiger partial charge in [-0.05, 0) is 19.1 Å². The number of likely N-dealkylation sites (N-methyl/N-ethyl adjacent to an activating group) is 2. The largest absolute Gasteiger partial charge is 0.507 e. The van der Waals surface area contributed by atoms with E-state index >= 15 is 0 Å². The summed E-state index contributed by atoms with van der Waals surface area (Å²) >= 11 is 0. The van der Waals surface area contributed by atoms with Crippen molar-refractivity contribution in [1.82, 2.24) is 10.2 Å². The molecule has 1 rings (SSSR count). The molecule has 0 fully saturated rings. The number of benzene rings is 1. The number of hydrogen-bond acceptors (Lipinski definition) is 3. The number of amides is 2. The molecule has 0 aliphatic carbocycles. The molecule has 0 radical (unpaired) electrons. The lowest BCUT2D eigenvalue weighted by atomic mass is 10.1. The van der Waals surface area contributed by atoms with E-state index in [-0.39, 0.29) is 29.7 Å². The van der Waals surface area contributed by atoms with Crippen LogP contribution in [0.4, 0.5) is 0 Å². The summed E-state index contributed by atoms with van der Waals surface area (Å²) in [5, 5.41) is 12.0. The Labute approximate surface area is 100 Å². The van der Waals surface area contributed by atoms with E-state index in [4.69, 9.17) is 0 Å². The van der Waals surface area contributed by atoms with Crippen molar-refractivity contribution in [3.8, 4) is 5.75 Å². The van der Waals surface area contributed by atoms with Crippen LogP contribution in [0.2, 0.25) is 0 Å². The number of phenols is 1. The van der Waals surface area contributed by atoms with Crippen LogP contribution in [-0.4, -0.2) is 42.5 Å². The lowest BCUT2D eigenvalue weighted by molar-refractivity contribution is -0.121. The van der Waals surface area contributed by atoms with Crippen molar-refractivity contribution in [2.75, 3.05) is 20.6 Å². The van der Waals surface area contributed by atoms with Crippen LogP contribution in [0.25, 0.3) is 0 Å². The molecule has 0 heterocycles. The van der Waals surface area contributed by atoms with Crippen molar-refractivity contribution in [3.63, 3.8) is 0 Å². The minimum Gasteiger partial charge on any atom is -0.507 e. The number of nitrogens with zero attached hydrogens (tertiary/aromatic N) is 1. The minimum absolute atomic E-state index is 0.0390. The maximum absolute atomic E-state index is 12.0. The highest BCUT2D eigenvalue weighted by Gasteiger charge is 2.17. The first-order valence-electron chi connectivity index (χ1n) is 5.21. The molecule has 17 heavy (non-hydrogen) atoms. The number of aryl methyl sites for hydroxylation is 1. The van der Waals surface area contributed by atoms with Gasteiger partial charge in [-0.3, -0.25) is 9.59 Å². The van der Waals surface area contributed by atoms with Gasteiger partial charge in [-0.2, -0.15) is 0 Å². The van der Waals surface area contributed by atoms with Gasteiger partial charge < -0.3 is 15.3 Å². The summed E-state index contributed by atoms with van der Waals surface area (Å²) in [6, 6.07) is 4.78. The molecule has 0 spiro atoms. The third kappa shape index (κ3) is 3.21. The maximum atomic E-state index is 12.0. The monoisotopic (exact) mass is 236 g/mol. The zero-order chi connectivity index (χ0) is 13.0. The third-order valence-electron chi connectivity index (χ3n) is 2.39. The average molecular weight is 236 g/mol. The van der Waals surface area contributed by atoms with Crippen LogP contribution in [-0.2, 0) is 4.79 Å². The molecule has 0 aliphatic rings. The topological polar surface area (TPSA) is 69.6 Å². The molecule has 0 bridgehead atoms. The van der Waals surface area contributed by atoms with E-state index in [0.717, 1.165) is 5.56 Å². The number of hydrogen-bond donors (Lipinski definition) is 2. The van der Waals surface area contributed by atoms with Crippen LogP contribution in [0, 0.1) is 6.92 Å². The van der Waals surface area contributed by atoms with Gasteiger partial charge in [0.05, 0.1) is 12.1 Å². The Bertz CT molecular complexity index is 443. The van der Waals surface area contributed by atoms with E-state index in [1.54, 1.807) is 12.1 Å². The zero-order valence-corrected chi connectivity index (χ0v) is 10.2. The number of aromatic hydroxyl groups is 1. The molecule has 2 amide bonds. The highest BCUT2D eigenvalue weighted by molar-refractivity contribution is 5.98. The van der Waals surface area contributed by atoms with Crippen molar-refractivity contribution in [2.24, 2.45) is 0 Å². The first-order valence-corrected chi connectivity index (χ1v) is 5.21. The Balaban J connectivity index is 2.88. The van der Waals surface area contributed by atoms with Gasteiger partial charge >= 0.3 is 0 Å². The number of nitrogens with one attached hydrogen (secondary N) is 1. The first kappa shape index (κ1) is 13.0. The highest BCUT2D eigenvalue weighted by Crippen LogP contribution is 2.19. The molecule has 1 aromatic carbocycles. The van der Waals surface area contributed by atoms with Crippen molar-refractivity contribution < 1.29 is 14.7 Å². The van der Waals surface area contributed by atoms with Gasteiger partial charge in [0.15, 0.2) is 0 Å². The van der Waals surface area contributed by atoms with Crippen LogP contribution in [0.15, 0.2) is 18.2 Å². The second-order valence-corrected chi connectivity index (χ2v) is 3.85. The van der Waals surface area contributed by atoms with Gasteiger partial charge in [0.25, 0.3) is 5.91 Å². The van der Waals surface area contributed by atoms with Gasteiger partial charge in [0.2, 0.25) is 5.91 Å². The third-order valence-corrected chi connectivity index (χ3v) is 2.39. The van der Waals surface area contributed by atoms with E-state index in [0.29, 0.717) is 0 Å². The van der Waals surface area contributed by atoms with Crippen LogP contribution >= 0.6 is 0 Å². The zero-order valence-electron chi connectivity index (χ0n) is 10.2. The van der Waals surface area contributed by atoms with E-state index in [9.17, 15) is 14.7 Å². The Morgan fingerprint density at radius 2 is 2.06 bits per heavy atom. The fraction of sp³-hybridized carbons (Fsp3) is 0.333. The van der Waals surface area contributed by atoms with Gasteiger partial charge in [0.1, 0.15) is 5.75 Å². The van der Waals surface area contributed by atoms with E-state index in [1.807, 2.05) is 6.92 Å². The summed E-state index contributed by atoms with van der Waals surface area (Å²) in [4.78, 5) is 24.4. The Hall–Kier alpha value is -2.04. The molecule has 5 nitrogen and oxygen atoms in total. The Kier molecular flexibility index (Phi) is 4.09. The normalized spacial score (nSPS) is 9.82. The highest BCUT2D eigenvalue weighted by atomic mass is 16.3. The Morgan fingerprint density at radius 3 is 2.65 bits per heavy atom. The number of carbonyl (C=O) groups is 2. The van der Waals surface area contributed by atoms with Gasteiger partial charge in [0, 0.05) is 14.1 Å². The fourth-order valence-electron chi connectivity index (χ4n) is 1.39. The molecule has 0 aliphatic heterocycles. The van der Waals surface area contributed by atoms with Crippen molar-refractivity contribution >= 4 is 11.8 Å². The van der Waals surface area contributed by atoms with Crippen LogP contribution < -0.4 is 5.32 Å². The van der Waals surface area contributed by atoms with Crippen molar-refractivity contribution in [3.05, 3.63) is 29.3 Å². The van der Waals surface area contributed by atoms with Crippen LogP contribution in [0.1, 0.15) is 15.9 Å². The maximum Gasteiger partial charge on any atom is 0.257 e. The molecule has 0 unspecified atom stereocenters. The summed E-state index contributed by atoms with van der Waals surface area (Å²) in [7, 11) is 3.02. The van der Waals surface area contributed by atoms with Gasteiger partial charge in [-0.25, -0.2) is 0 Å². The first-order chi connectivity index (χ1) is 7.95. The van der Waals surface area contributed by atoms with Crippen LogP contribution in [0.3, 0.4) is 0 Å². The van der Waals surface area contributed by atoms with E-state index in [1.165, 1.54) is 25.1 Å². The second-order valence-electron chi connectivity index (χ2n) is 3.85. The second kappa shape index (κ2) is 5.34. The van der Waals surface area contributed by atoms with Gasteiger partial charge in [-0.1, -0.05) is 11.6 Å². The molecule has 5 heteroatoms. The average Bonchev–Trinajstić information content (AvgIpc) is 2.31. The molecular weight excluding hydrogens is 220 g/mol. The molecule has 1 aromatic rings. The van der Waals surface area contributed by atoms with Gasteiger partial charge in [-0.15, -0.1) is 0 Å². The van der Waals surface area contributed by atoms with E-state index in [2.05, 4.69) is 5.32 Å². The molecule has 2 N–H and O–H groups in total. The molecule has 0 saturated carbocycles. The molecule has 0 aromatic heterocycles. The summed E-state index contributed by atoms with van der Waals surface area (Å²) in [5.41, 5.74) is 1.08. The van der Waals surface area contributed by atoms with Crippen LogP contribution in [0.5, 0.6) is 5.75 Å². The number of carbonyl (C=O) groups excluding carboxylic acids is 2. The summed E-state index contributed by atoms with van der Waals surface area (Å²) < 4.78 is 0.